The van der Waals surface area contributed by atoms with E-state index in [9.17, 15) is 9.59 Å². The molecule has 0 spiro atoms. The quantitative estimate of drug-likeness (QED) is 0.814. The summed E-state index contributed by atoms with van der Waals surface area (Å²) >= 11 is 3.34. The second-order valence-corrected chi connectivity index (χ2v) is 5.67. The third kappa shape index (κ3) is 5.41. The van der Waals surface area contributed by atoms with Crippen LogP contribution in [0.2, 0.25) is 0 Å². The van der Waals surface area contributed by atoms with Crippen LogP contribution in [0.3, 0.4) is 0 Å². The number of hydrogen-bond acceptors (Lipinski definition) is 3. The molecule has 0 aliphatic heterocycles. The number of hydrogen-bond donors (Lipinski definition) is 2. The number of amides is 2. The molecule has 23 heavy (non-hydrogen) atoms. The third-order valence-corrected chi connectivity index (χ3v) is 3.69. The molecule has 2 aromatic carbocycles. The smallest absolute Gasteiger partial charge is 0.261 e. The highest BCUT2D eigenvalue weighted by Gasteiger charge is 2.15. The number of ether oxygens (including phenoxy) is 1. The Labute approximate surface area is 143 Å². The fourth-order valence-electron chi connectivity index (χ4n) is 1.82. The predicted octanol–water partition coefficient (Wildman–Crippen LogP) is 2.97. The number of carbonyl (C=O) groups excluding carboxylic acids is 2. The molecule has 6 heteroatoms. The van der Waals surface area contributed by atoms with Gasteiger partial charge in [-0.2, -0.15) is 0 Å². The second kappa shape index (κ2) is 8.33. The lowest BCUT2D eigenvalue weighted by atomic mass is 10.3. The summed E-state index contributed by atoms with van der Waals surface area (Å²) in [6.07, 6.45) is -0.686. The minimum atomic E-state index is -0.686. The lowest BCUT2D eigenvalue weighted by Gasteiger charge is -2.14. The Morgan fingerprint density at radius 2 is 1.74 bits per heavy atom. The lowest BCUT2D eigenvalue weighted by Crippen LogP contribution is -2.40. The van der Waals surface area contributed by atoms with E-state index in [0.717, 1.165) is 4.47 Å². The third-order valence-electron chi connectivity index (χ3n) is 3.00. The molecule has 1 atom stereocenters. The molecule has 2 rings (SSSR count). The summed E-state index contributed by atoms with van der Waals surface area (Å²) in [5, 5.41) is 5.26. The molecule has 0 unspecified atom stereocenters. The molecule has 0 saturated heterocycles. The van der Waals surface area contributed by atoms with Gasteiger partial charge < -0.3 is 15.4 Å². The van der Waals surface area contributed by atoms with Crippen molar-refractivity contribution in [2.24, 2.45) is 0 Å². The number of nitrogens with one attached hydrogen (secondary N) is 2. The highest BCUT2D eigenvalue weighted by molar-refractivity contribution is 9.10. The molecule has 120 valence electrons. The molecule has 0 fully saturated rings. The summed E-state index contributed by atoms with van der Waals surface area (Å²) in [6, 6.07) is 16.3. The Hall–Kier alpha value is -2.34. The van der Waals surface area contributed by atoms with Gasteiger partial charge in [0, 0.05) is 4.47 Å². The number of benzene rings is 2. The molecule has 0 radical (unpaired) electrons. The first-order valence-corrected chi connectivity index (χ1v) is 7.89. The standard InChI is InChI=1S/C17H17BrN2O3/c1-12(23-13-7-3-2-4-8-13)17(22)19-11-16(21)20-15-10-6-5-9-14(15)18/h2-10,12H,11H2,1H3,(H,19,22)(H,20,21)/t12-/m0/s1. The van der Waals surface area contributed by atoms with E-state index < -0.39 is 6.10 Å². The van der Waals surface area contributed by atoms with E-state index in [1.807, 2.05) is 36.4 Å². The maximum absolute atomic E-state index is 11.9. The molecular weight excluding hydrogens is 360 g/mol. The summed E-state index contributed by atoms with van der Waals surface area (Å²) < 4.78 is 6.27. The Balaban J connectivity index is 1.79. The van der Waals surface area contributed by atoms with Crippen LogP contribution < -0.4 is 15.4 Å². The highest BCUT2D eigenvalue weighted by Crippen LogP contribution is 2.20. The van der Waals surface area contributed by atoms with Gasteiger partial charge in [-0.3, -0.25) is 9.59 Å². The number of halogens is 1. The van der Waals surface area contributed by atoms with Crippen LogP contribution in [-0.4, -0.2) is 24.5 Å². The maximum Gasteiger partial charge on any atom is 0.261 e. The SMILES string of the molecule is C[C@H](Oc1ccccc1)C(=O)NCC(=O)Nc1ccccc1Br. The molecule has 5 nitrogen and oxygen atoms in total. The van der Waals surface area contributed by atoms with E-state index in [0.29, 0.717) is 11.4 Å². The van der Waals surface area contributed by atoms with Crippen LogP contribution in [0.5, 0.6) is 5.75 Å². The molecule has 2 aromatic rings. The van der Waals surface area contributed by atoms with Gasteiger partial charge in [0.15, 0.2) is 6.10 Å². The molecular formula is C17H17BrN2O3. The highest BCUT2D eigenvalue weighted by atomic mass is 79.9. The van der Waals surface area contributed by atoms with Crippen molar-refractivity contribution in [1.82, 2.24) is 5.32 Å². The Bertz CT molecular complexity index is 677. The van der Waals surface area contributed by atoms with E-state index >= 15 is 0 Å². The summed E-state index contributed by atoms with van der Waals surface area (Å²) in [6.45, 7) is 1.51. The number of rotatable bonds is 6. The van der Waals surface area contributed by atoms with E-state index in [1.165, 1.54) is 0 Å². The van der Waals surface area contributed by atoms with E-state index in [2.05, 4.69) is 26.6 Å². The molecule has 0 saturated carbocycles. The van der Waals surface area contributed by atoms with Crippen molar-refractivity contribution in [3.63, 3.8) is 0 Å². The summed E-state index contributed by atoms with van der Waals surface area (Å²) in [7, 11) is 0. The monoisotopic (exact) mass is 376 g/mol. The zero-order chi connectivity index (χ0) is 16.7. The van der Waals surface area contributed by atoms with Crippen molar-refractivity contribution < 1.29 is 14.3 Å². The average Bonchev–Trinajstić information content (AvgIpc) is 2.55. The van der Waals surface area contributed by atoms with Crippen LogP contribution in [0.4, 0.5) is 5.69 Å². The van der Waals surface area contributed by atoms with Crippen LogP contribution in [0, 0.1) is 0 Å². The van der Waals surface area contributed by atoms with Crippen molar-refractivity contribution in [3.05, 3.63) is 59.1 Å². The molecule has 0 heterocycles. The minimum Gasteiger partial charge on any atom is -0.481 e. The normalized spacial score (nSPS) is 11.4. The van der Waals surface area contributed by atoms with Gasteiger partial charge in [-0.05, 0) is 47.1 Å². The van der Waals surface area contributed by atoms with Crippen molar-refractivity contribution in [1.29, 1.82) is 0 Å². The molecule has 0 aliphatic carbocycles. The first kappa shape index (κ1) is 17.0. The van der Waals surface area contributed by atoms with Crippen LogP contribution in [-0.2, 0) is 9.59 Å². The first-order chi connectivity index (χ1) is 11.1. The van der Waals surface area contributed by atoms with Crippen molar-refractivity contribution in [2.75, 3.05) is 11.9 Å². The van der Waals surface area contributed by atoms with E-state index in [-0.39, 0.29) is 18.4 Å². The molecule has 0 aromatic heterocycles. The topological polar surface area (TPSA) is 67.4 Å². The predicted molar refractivity (Wildman–Crippen MR) is 92.3 cm³/mol. The van der Waals surface area contributed by atoms with Crippen LogP contribution in [0.15, 0.2) is 59.1 Å². The van der Waals surface area contributed by atoms with Gasteiger partial charge in [0.25, 0.3) is 5.91 Å². The Morgan fingerprint density at radius 1 is 1.09 bits per heavy atom. The number of para-hydroxylation sites is 2. The first-order valence-electron chi connectivity index (χ1n) is 7.10. The molecule has 0 aliphatic rings. The van der Waals surface area contributed by atoms with Gasteiger partial charge in [-0.15, -0.1) is 0 Å². The fourth-order valence-corrected chi connectivity index (χ4v) is 2.21. The number of carbonyl (C=O) groups is 2. The summed E-state index contributed by atoms with van der Waals surface area (Å²) in [4.78, 5) is 23.8. The minimum absolute atomic E-state index is 0.122. The van der Waals surface area contributed by atoms with Gasteiger partial charge in [-0.25, -0.2) is 0 Å². The molecule has 0 bridgehead atoms. The van der Waals surface area contributed by atoms with E-state index in [1.54, 1.807) is 25.1 Å². The Morgan fingerprint density at radius 3 is 2.43 bits per heavy atom. The van der Waals surface area contributed by atoms with Gasteiger partial charge in [0.05, 0.1) is 12.2 Å². The lowest BCUT2D eigenvalue weighted by molar-refractivity contribution is -0.129. The second-order valence-electron chi connectivity index (χ2n) is 4.82. The van der Waals surface area contributed by atoms with Crippen molar-refractivity contribution in [3.8, 4) is 5.75 Å². The zero-order valence-corrected chi connectivity index (χ0v) is 14.2. The Kier molecular flexibility index (Phi) is 6.17. The maximum atomic E-state index is 11.9. The van der Waals surface area contributed by atoms with E-state index in [4.69, 9.17) is 4.74 Å². The fraction of sp³-hybridized carbons (Fsp3) is 0.176. The van der Waals surface area contributed by atoms with Crippen LogP contribution >= 0.6 is 15.9 Å². The summed E-state index contributed by atoms with van der Waals surface area (Å²) in [5.74, 6) is -0.0545. The molecule has 2 N–H and O–H groups in total. The average molecular weight is 377 g/mol. The van der Waals surface area contributed by atoms with Crippen LogP contribution in [0.25, 0.3) is 0 Å². The van der Waals surface area contributed by atoms with Gasteiger partial charge >= 0.3 is 0 Å². The summed E-state index contributed by atoms with van der Waals surface area (Å²) in [5.41, 5.74) is 0.653. The largest absolute Gasteiger partial charge is 0.481 e. The molecule has 2 amide bonds. The van der Waals surface area contributed by atoms with Crippen LogP contribution in [0.1, 0.15) is 6.92 Å². The number of anilines is 1. The van der Waals surface area contributed by atoms with Gasteiger partial charge in [0.1, 0.15) is 5.75 Å². The zero-order valence-electron chi connectivity index (χ0n) is 12.6. The van der Waals surface area contributed by atoms with Crippen molar-refractivity contribution >= 4 is 33.4 Å². The van der Waals surface area contributed by atoms with Crippen molar-refractivity contribution in [2.45, 2.75) is 13.0 Å². The van der Waals surface area contributed by atoms with Gasteiger partial charge in [-0.1, -0.05) is 30.3 Å². The van der Waals surface area contributed by atoms with Gasteiger partial charge in [0.2, 0.25) is 5.91 Å².